The van der Waals surface area contributed by atoms with E-state index in [1.54, 1.807) is 10.8 Å². The first-order valence-electron chi connectivity index (χ1n) is 11.7. The minimum absolute atomic E-state index is 0.115. The number of halogens is 1. The normalized spacial score (nSPS) is 14.4. The molecule has 7 heteroatoms. The molecule has 0 bridgehead atoms. The third kappa shape index (κ3) is 4.31. The van der Waals surface area contributed by atoms with Gasteiger partial charge in [-0.15, -0.1) is 0 Å². The lowest BCUT2D eigenvalue weighted by Crippen LogP contribution is -2.29. The minimum atomic E-state index is -0.115. The van der Waals surface area contributed by atoms with Crippen molar-refractivity contribution in [2.24, 2.45) is 0 Å². The molecule has 1 aliphatic rings. The Morgan fingerprint density at radius 1 is 1.09 bits per heavy atom. The molecule has 0 unspecified atom stereocenters. The highest BCUT2D eigenvalue weighted by atomic mass is 35.5. The lowest BCUT2D eigenvalue weighted by Gasteiger charge is -2.23. The molecule has 2 aromatic carbocycles. The quantitative estimate of drug-likeness (QED) is 0.402. The summed E-state index contributed by atoms with van der Waals surface area (Å²) in [6.45, 7) is 5.98. The molecule has 1 saturated heterocycles. The maximum Gasteiger partial charge on any atom is 0.260 e. The van der Waals surface area contributed by atoms with Crippen LogP contribution in [-0.4, -0.2) is 33.8 Å². The van der Waals surface area contributed by atoms with Gasteiger partial charge in [-0.3, -0.25) is 9.36 Å². The van der Waals surface area contributed by atoms with Gasteiger partial charge in [0.15, 0.2) is 0 Å². The molecule has 0 aliphatic carbocycles. The Labute approximate surface area is 203 Å². The van der Waals surface area contributed by atoms with Crippen LogP contribution < -0.4 is 10.9 Å². The second kappa shape index (κ2) is 9.57. The van der Waals surface area contributed by atoms with Gasteiger partial charge < -0.3 is 10.1 Å². The third-order valence-corrected chi connectivity index (χ3v) is 6.73. The average molecular weight is 475 g/mol. The maximum absolute atomic E-state index is 13.5. The second-order valence-corrected chi connectivity index (χ2v) is 9.03. The largest absolute Gasteiger partial charge is 0.381 e. The number of anilines is 1. The fourth-order valence-corrected chi connectivity index (χ4v) is 4.82. The smallest absolute Gasteiger partial charge is 0.260 e. The molecule has 0 saturated carbocycles. The lowest BCUT2D eigenvalue weighted by atomic mass is 9.97. The highest BCUT2D eigenvalue weighted by Crippen LogP contribution is 2.33. The number of nitrogens with one attached hydrogen (secondary N) is 1. The Morgan fingerprint density at radius 2 is 1.88 bits per heavy atom. The molecule has 6 nitrogen and oxygen atoms in total. The number of ether oxygens (including phenoxy) is 1. The van der Waals surface area contributed by atoms with Crippen LogP contribution in [0, 0.1) is 6.92 Å². The Balaban J connectivity index is 1.55. The van der Waals surface area contributed by atoms with Crippen molar-refractivity contribution >= 4 is 28.6 Å². The number of hydrogen-bond donors (Lipinski definition) is 1. The number of aromatic nitrogens is 3. The zero-order chi connectivity index (χ0) is 23.7. The zero-order valence-corrected chi connectivity index (χ0v) is 20.1. The van der Waals surface area contributed by atoms with Crippen LogP contribution in [0.15, 0.2) is 59.5 Å². The predicted molar refractivity (Wildman–Crippen MR) is 138 cm³/mol. The third-order valence-electron chi connectivity index (χ3n) is 6.41. The minimum Gasteiger partial charge on any atom is -0.381 e. The summed E-state index contributed by atoms with van der Waals surface area (Å²) < 4.78 is 7.11. The van der Waals surface area contributed by atoms with Gasteiger partial charge >= 0.3 is 0 Å². The first-order valence-corrected chi connectivity index (χ1v) is 12.0. The SMILES string of the molecule is CCn1c(=O)c(-c2ccc(-c3ccccc3C)cc2Cl)cc2cnc(NC3CCOCC3)nc21. The molecule has 2 aromatic heterocycles. The molecule has 0 amide bonds. The molecule has 1 N–H and O–H groups in total. The Morgan fingerprint density at radius 3 is 2.62 bits per heavy atom. The standard InChI is InChI=1S/C27H27ClN4O2/c1-3-32-25-19(16-29-27(31-25)30-20-10-12-34-13-11-20)14-23(26(32)33)22-9-8-18(15-24(22)28)21-7-5-4-6-17(21)2/h4-9,14-16,20H,3,10-13H2,1-2H3,(H,29,30,31). The van der Waals surface area contributed by atoms with Crippen molar-refractivity contribution in [3.8, 4) is 22.3 Å². The molecule has 0 radical (unpaired) electrons. The van der Waals surface area contributed by atoms with Gasteiger partial charge in [0, 0.05) is 53.5 Å². The van der Waals surface area contributed by atoms with E-state index in [0.29, 0.717) is 34.3 Å². The van der Waals surface area contributed by atoms with Crippen molar-refractivity contribution in [1.82, 2.24) is 14.5 Å². The Bertz CT molecular complexity index is 1410. The number of hydrogen-bond acceptors (Lipinski definition) is 5. The zero-order valence-electron chi connectivity index (χ0n) is 19.3. The average Bonchev–Trinajstić information content (AvgIpc) is 2.85. The lowest BCUT2D eigenvalue weighted by molar-refractivity contribution is 0.0903. The van der Waals surface area contributed by atoms with Crippen molar-refractivity contribution in [3.63, 3.8) is 0 Å². The Kier molecular flexibility index (Phi) is 6.35. The van der Waals surface area contributed by atoms with E-state index in [9.17, 15) is 4.79 Å². The molecule has 4 aromatic rings. The maximum atomic E-state index is 13.5. The predicted octanol–water partition coefficient (Wildman–Crippen LogP) is 5.70. The summed E-state index contributed by atoms with van der Waals surface area (Å²) in [5.41, 5.74) is 5.08. The molecule has 1 fully saturated rings. The van der Waals surface area contributed by atoms with Crippen molar-refractivity contribution in [3.05, 3.63) is 75.7 Å². The van der Waals surface area contributed by atoms with Crippen LogP contribution in [-0.2, 0) is 11.3 Å². The van der Waals surface area contributed by atoms with Crippen molar-refractivity contribution in [2.75, 3.05) is 18.5 Å². The van der Waals surface area contributed by atoms with Crippen LogP contribution in [0.5, 0.6) is 0 Å². The number of aryl methyl sites for hydroxylation is 2. The summed E-state index contributed by atoms with van der Waals surface area (Å²) in [5, 5.41) is 4.73. The monoisotopic (exact) mass is 474 g/mol. The molecule has 3 heterocycles. The van der Waals surface area contributed by atoms with Gasteiger partial charge in [0.25, 0.3) is 5.56 Å². The van der Waals surface area contributed by atoms with Crippen LogP contribution in [0.25, 0.3) is 33.3 Å². The molecule has 1 aliphatic heterocycles. The highest BCUT2D eigenvalue weighted by Gasteiger charge is 2.18. The van der Waals surface area contributed by atoms with E-state index >= 15 is 0 Å². The molecule has 0 spiro atoms. The summed E-state index contributed by atoms with van der Waals surface area (Å²) in [7, 11) is 0. The van der Waals surface area contributed by atoms with Crippen LogP contribution in [0.1, 0.15) is 25.3 Å². The van der Waals surface area contributed by atoms with E-state index in [1.165, 1.54) is 5.56 Å². The fraction of sp³-hybridized carbons (Fsp3) is 0.296. The van der Waals surface area contributed by atoms with E-state index in [1.807, 2.05) is 43.3 Å². The van der Waals surface area contributed by atoms with E-state index in [0.717, 1.165) is 42.6 Å². The van der Waals surface area contributed by atoms with E-state index in [-0.39, 0.29) is 11.6 Å². The highest BCUT2D eigenvalue weighted by molar-refractivity contribution is 6.33. The number of pyridine rings is 1. The second-order valence-electron chi connectivity index (χ2n) is 8.62. The molecular formula is C27H27ClN4O2. The van der Waals surface area contributed by atoms with Gasteiger partial charge in [-0.25, -0.2) is 4.98 Å². The molecule has 174 valence electrons. The van der Waals surface area contributed by atoms with Gasteiger partial charge in [-0.2, -0.15) is 4.98 Å². The summed E-state index contributed by atoms with van der Waals surface area (Å²) in [5.74, 6) is 0.536. The summed E-state index contributed by atoms with van der Waals surface area (Å²) in [6, 6.07) is 16.2. The number of fused-ring (bicyclic) bond motifs is 1. The van der Waals surface area contributed by atoms with Gasteiger partial charge in [0.1, 0.15) is 5.65 Å². The van der Waals surface area contributed by atoms with Gasteiger partial charge in [-0.05, 0) is 55.5 Å². The first kappa shape index (κ1) is 22.6. The van der Waals surface area contributed by atoms with E-state index in [2.05, 4.69) is 34.3 Å². The fourth-order valence-electron chi connectivity index (χ4n) is 4.54. The van der Waals surface area contributed by atoms with Gasteiger partial charge in [0.05, 0.1) is 0 Å². The summed E-state index contributed by atoms with van der Waals surface area (Å²) in [6.07, 6.45) is 3.60. The van der Waals surface area contributed by atoms with Crippen LogP contribution in [0.2, 0.25) is 5.02 Å². The molecule has 5 rings (SSSR count). The Hall–Kier alpha value is -3.22. The van der Waals surface area contributed by atoms with Gasteiger partial charge in [0.2, 0.25) is 5.95 Å². The van der Waals surface area contributed by atoms with E-state index in [4.69, 9.17) is 16.3 Å². The van der Waals surface area contributed by atoms with Crippen molar-refractivity contribution in [2.45, 2.75) is 39.3 Å². The molecular weight excluding hydrogens is 448 g/mol. The summed E-state index contributed by atoms with van der Waals surface area (Å²) >= 11 is 6.72. The number of rotatable bonds is 5. The number of nitrogens with zero attached hydrogens (tertiary/aromatic N) is 3. The van der Waals surface area contributed by atoms with Crippen molar-refractivity contribution in [1.29, 1.82) is 0 Å². The van der Waals surface area contributed by atoms with Crippen LogP contribution in [0.3, 0.4) is 0 Å². The van der Waals surface area contributed by atoms with Gasteiger partial charge in [-0.1, -0.05) is 48.0 Å². The molecule has 0 atom stereocenters. The topological polar surface area (TPSA) is 69.0 Å². The van der Waals surface area contributed by atoms with Crippen LogP contribution >= 0.6 is 11.6 Å². The van der Waals surface area contributed by atoms with Crippen LogP contribution in [0.4, 0.5) is 5.95 Å². The first-order chi connectivity index (χ1) is 16.5. The number of benzene rings is 2. The van der Waals surface area contributed by atoms with E-state index < -0.39 is 0 Å². The summed E-state index contributed by atoms with van der Waals surface area (Å²) in [4.78, 5) is 22.7. The van der Waals surface area contributed by atoms with Crippen molar-refractivity contribution < 1.29 is 4.74 Å². The molecule has 34 heavy (non-hydrogen) atoms.